The van der Waals surface area contributed by atoms with Gasteiger partial charge in [-0.15, -0.1) is 0 Å². The van der Waals surface area contributed by atoms with E-state index in [1.165, 1.54) is 0 Å². The summed E-state index contributed by atoms with van der Waals surface area (Å²) in [7, 11) is 0. The fourth-order valence-corrected chi connectivity index (χ4v) is 3.18. The fourth-order valence-electron chi connectivity index (χ4n) is 2.72. The summed E-state index contributed by atoms with van der Waals surface area (Å²) >= 11 is 3.45. The van der Waals surface area contributed by atoms with Crippen molar-refractivity contribution in [2.75, 3.05) is 10.6 Å². The van der Waals surface area contributed by atoms with Crippen LogP contribution in [0.3, 0.4) is 0 Å². The Morgan fingerprint density at radius 2 is 2.05 bits per heavy atom. The van der Waals surface area contributed by atoms with Gasteiger partial charge in [-0.1, -0.05) is 12.1 Å². The van der Waals surface area contributed by atoms with E-state index in [2.05, 4.69) is 22.9 Å². The van der Waals surface area contributed by atoms with Crippen molar-refractivity contribution in [2.24, 2.45) is 0 Å². The molecule has 1 unspecified atom stereocenters. The Labute approximate surface area is 126 Å². The zero-order valence-corrected chi connectivity index (χ0v) is 12.7. The van der Waals surface area contributed by atoms with E-state index in [-0.39, 0.29) is 11.9 Å². The molecular weight excluding hydrogens is 316 g/mol. The van der Waals surface area contributed by atoms with Gasteiger partial charge in [0.1, 0.15) is 0 Å². The number of nitrogens with zero attached hydrogens (tertiary/aromatic N) is 1. The first kappa shape index (κ1) is 13.2. The quantitative estimate of drug-likeness (QED) is 0.811. The van der Waals surface area contributed by atoms with E-state index < -0.39 is 0 Å². The van der Waals surface area contributed by atoms with E-state index in [1.807, 2.05) is 47.4 Å². The zero-order chi connectivity index (χ0) is 14.3. The number of hydrogen-bond acceptors (Lipinski definition) is 2. The largest absolute Gasteiger partial charge is 0.399 e. The van der Waals surface area contributed by atoms with Gasteiger partial charge in [0.25, 0.3) is 5.91 Å². The first-order valence-corrected chi connectivity index (χ1v) is 7.33. The second-order valence-corrected chi connectivity index (χ2v) is 5.95. The summed E-state index contributed by atoms with van der Waals surface area (Å²) in [6, 6.07) is 13.4. The van der Waals surface area contributed by atoms with Crippen molar-refractivity contribution in [2.45, 2.75) is 19.4 Å². The highest BCUT2D eigenvalue weighted by atomic mass is 79.9. The number of nitrogen functional groups attached to an aromatic ring is 1. The molecule has 3 nitrogen and oxygen atoms in total. The molecule has 2 N–H and O–H groups in total. The molecule has 2 aromatic rings. The lowest BCUT2D eigenvalue weighted by Gasteiger charge is -2.23. The maximum Gasteiger partial charge on any atom is 0.259 e. The number of anilines is 2. The average Bonchev–Trinajstić information content (AvgIpc) is 2.73. The van der Waals surface area contributed by atoms with Gasteiger partial charge in [-0.05, 0) is 65.2 Å². The molecule has 20 heavy (non-hydrogen) atoms. The Kier molecular flexibility index (Phi) is 3.26. The van der Waals surface area contributed by atoms with Crippen LogP contribution in [-0.2, 0) is 6.42 Å². The van der Waals surface area contributed by atoms with Gasteiger partial charge in [-0.25, -0.2) is 0 Å². The summed E-state index contributed by atoms with van der Waals surface area (Å²) in [5, 5.41) is 0. The molecule has 0 bridgehead atoms. The molecule has 0 fully saturated rings. The van der Waals surface area contributed by atoms with Crippen LogP contribution in [0.4, 0.5) is 11.4 Å². The summed E-state index contributed by atoms with van der Waals surface area (Å²) in [5.41, 5.74) is 9.35. The first-order valence-electron chi connectivity index (χ1n) is 6.54. The number of hydrogen-bond donors (Lipinski definition) is 1. The molecule has 102 valence electrons. The molecule has 1 heterocycles. The zero-order valence-electron chi connectivity index (χ0n) is 11.1. The monoisotopic (exact) mass is 330 g/mol. The number of fused-ring (bicyclic) bond motifs is 1. The van der Waals surface area contributed by atoms with Crippen LogP contribution in [-0.4, -0.2) is 11.9 Å². The molecule has 0 radical (unpaired) electrons. The Morgan fingerprint density at radius 3 is 2.80 bits per heavy atom. The standard InChI is InChI=1S/C16H15BrN2O/c1-10-8-11-9-12(18)6-7-15(11)19(10)16(20)13-4-2-3-5-14(13)17/h2-7,9-10H,8,18H2,1H3. The molecule has 1 aliphatic heterocycles. The van der Waals surface area contributed by atoms with Gasteiger partial charge in [0, 0.05) is 21.9 Å². The van der Waals surface area contributed by atoms with E-state index >= 15 is 0 Å². The van der Waals surface area contributed by atoms with Crippen molar-refractivity contribution in [1.82, 2.24) is 0 Å². The second kappa shape index (κ2) is 4.94. The highest BCUT2D eigenvalue weighted by Gasteiger charge is 2.32. The molecule has 2 aromatic carbocycles. The third kappa shape index (κ3) is 2.10. The molecule has 1 amide bonds. The summed E-state index contributed by atoms with van der Waals surface area (Å²) in [6.45, 7) is 2.06. The van der Waals surface area contributed by atoms with Crippen molar-refractivity contribution in [1.29, 1.82) is 0 Å². The Bertz CT molecular complexity index is 684. The highest BCUT2D eigenvalue weighted by Crippen LogP contribution is 2.35. The summed E-state index contributed by atoms with van der Waals surface area (Å²) in [4.78, 5) is 14.6. The van der Waals surface area contributed by atoms with Gasteiger partial charge in [0.05, 0.1) is 5.56 Å². The smallest absolute Gasteiger partial charge is 0.259 e. The molecular formula is C16H15BrN2O. The van der Waals surface area contributed by atoms with Gasteiger partial charge in [0.2, 0.25) is 0 Å². The van der Waals surface area contributed by atoms with Gasteiger partial charge >= 0.3 is 0 Å². The minimum Gasteiger partial charge on any atom is -0.399 e. The first-order chi connectivity index (χ1) is 9.58. The molecule has 0 saturated carbocycles. The van der Waals surface area contributed by atoms with Crippen LogP contribution in [0.1, 0.15) is 22.8 Å². The molecule has 0 saturated heterocycles. The van der Waals surface area contributed by atoms with Crippen molar-refractivity contribution >= 4 is 33.2 Å². The van der Waals surface area contributed by atoms with E-state index in [0.29, 0.717) is 5.56 Å². The Morgan fingerprint density at radius 1 is 1.30 bits per heavy atom. The number of halogens is 1. The van der Waals surface area contributed by atoms with E-state index in [1.54, 1.807) is 0 Å². The third-order valence-electron chi connectivity index (χ3n) is 3.64. The maximum atomic E-state index is 12.8. The second-order valence-electron chi connectivity index (χ2n) is 5.10. The minimum atomic E-state index is 0.0218. The summed E-state index contributed by atoms with van der Waals surface area (Å²) in [6.07, 6.45) is 0.844. The molecule has 1 aliphatic rings. The third-order valence-corrected chi connectivity index (χ3v) is 4.33. The highest BCUT2D eigenvalue weighted by molar-refractivity contribution is 9.10. The lowest BCUT2D eigenvalue weighted by atomic mass is 10.1. The molecule has 0 aromatic heterocycles. The van der Waals surface area contributed by atoms with Crippen LogP contribution in [0.5, 0.6) is 0 Å². The Hall–Kier alpha value is -1.81. The fraction of sp³-hybridized carbons (Fsp3) is 0.188. The van der Waals surface area contributed by atoms with Crippen molar-refractivity contribution in [3.05, 3.63) is 58.1 Å². The topological polar surface area (TPSA) is 46.3 Å². The predicted octanol–water partition coefficient (Wildman–Crippen LogP) is 3.62. The normalized spacial score (nSPS) is 17.1. The maximum absolute atomic E-state index is 12.8. The van der Waals surface area contributed by atoms with Crippen LogP contribution < -0.4 is 10.6 Å². The predicted molar refractivity (Wildman–Crippen MR) is 85.0 cm³/mol. The van der Waals surface area contributed by atoms with Crippen LogP contribution in [0.25, 0.3) is 0 Å². The average molecular weight is 331 g/mol. The van der Waals surface area contributed by atoms with E-state index in [0.717, 1.165) is 27.8 Å². The van der Waals surface area contributed by atoms with Gasteiger partial charge in [-0.3, -0.25) is 4.79 Å². The van der Waals surface area contributed by atoms with E-state index in [9.17, 15) is 4.79 Å². The van der Waals surface area contributed by atoms with Crippen LogP contribution in [0, 0.1) is 0 Å². The van der Waals surface area contributed by atoms with Crippen molar-refractivity contribution < 1.29 is 4.79 Å². The number of nitrogens with two attached hydrogens (primary N) is 1. The van der Waals surface area contributed by atoms with Crippen LogP contribution >= 0.6 is 15.9 Å². The Balaban J connectivity index is 2.04. The van der Waals surface area contributed by atoms with Crippen molar-refractivity contribution in [3.8, 4) is 0 Å². The minimum absolute atomic E-state index is 0.0218. The lowest BCUT2D eigenvalue weighted by Crippen LogP contribution is -2.35. The van der Waals surface area contributed by atoms with Crippen LogP contribution in [0.2, 0.25) is 0 Å². The van der Waals surface area contributed by atoms with Crippen LogP contribution in [0.15, 0.2) is 46.9 Å². The number of amides is 1. The van der Waals surface area contributed by atoms with Gasteiger partial charge in [0.15, 0.2) is 0 Å². The molecule has 1 atom stereocenters. The SMILES string of the molecule is CC1Cc2cc(N)ccc2N1C(=O)c1ccccc1Br. The van der Waals surface area contributed by atoms with Crippen molar-refractivity contribution in [3.63, 3.8) is 0 Å². The molecule has 3 rings (SSSR count). The summed E-state index contributed by atoms with van der Waals surface area (Å²) in [5.74, 6) is 0.0218. The molecule has 0 spiro atoms. The number of benzene rings is 2. The van der Waals surface area contributed by atoms with Gasteiger partial charge < -0.3 is 10.6 Å². The number of carbonyl (C=O) groups excluding carboxylic acids is 1. The number of rotatable bonds is 1. The summed E-state index contributed by atoms with van der Waals surface area (Å²) < 4.78 is 0.820. The lowest BCUT2D eigenvalue weighted by molar-refractivity contribution is 0.0980. The molecule has 4 heteroatoms. The number of carbonyl (C=O) groups is 1. The van der Waals surface area contributed by atoms with Gasteiger partial charge in [-0.2, -0.15) is 0 Å². The van der Waals surface area contributed by atoms with E-state index in [4.69, 9.17) is 5.73 Å². The molecule has 0 aliphatic carbocycles.